The summed E-state index contributed by atoms with van der Waals surface area (Å²) in [6, 6.07) is 10.3. The molecular formula is C24H27N3O2. The van der Waals surface area contributed by atoms with Gasteiger partial charge in [0.1, 0.15) is 11.6 Å². The molecule has 0 unspecified atom stereocenters. The monoisotopic (exact) mass is 389 g/mol. The van der Waals surface area contributed by atoms with Crippen LogP contribution in [0.1, 0.15) is 41.9 Å². The van der Waals surface area contributed by atoms with Gasteiger partial charge in [-0.05, 0) is 66.5 Å². The first kappa shape index (κ1) is 19.2. The Morgan fingerprint density at radius 1 is 1.28 bits per heavy atom. The van der Waals surface area contributed by atoms with Crippen molar-refractivity contribution in [2.75, 3.05) is 25.5 Å². The second-order valence-corrected chi connectivity index (χ2v) is 7.68. The van der Waals surface area contributed by atoms with Gasteiger partial charge in [-0.15, -0.1) is 0 Å². The van der Waals surface area contributed by atoms with Crippen molar-refractivity contribution in [3.05, 3.63) is 71.6 Å². The first-order chi connectivity index (χ1) is 14.1. The van der Waals surface area contributed by atoms with Crippen LogP contribution in [-0.2, 0) is 11.2 Å². The van der Waals surface area contributed by atoms with Crippen molar-refractivity contribution in [1.29, 1.82) is 0 Å². The molecule has 1 aromatic heterocycles. The van der Waals surface area contributed by atoms with Gasteiger partial charge in [0.25, 0.3) is 0 Å². The number of benzene rings is 1. The topological polar surface area (TPSA) is 54.5 Å². The third-order valence-corrected chi connectivity index (χ3v) is 5.78. The van der Waals surface area contributed by atoms with Crippen molar-refractivity contribution < 1.29 is 9.53 Å². The number of nitrogens with zero attached hydrogens (tertiary/aromatic N) is 2. The maximum atomic E-state index is 12.6. The van der Waals surface area contributed by atoms with Crippen LogP contribution in [0.5, 0.6) is 5.75 Å². The number of carbonyl (C=O) groups excluding carboxylic acids is 1. The van der Waals surface area contributed by atoms with Crippen molar-refractivity contribution >= 4 is 17.8 Å². The van der Waals surface area contributed by atoms with E-state index >= 15 is 0 Å². The number of hydrogen-bond donors (Lipinski definition) is 1. The van der Waals surface area contributed by atoms with E-state index < -0.39 is 0 Å². The molecule has 0 aliphatic carbocycles. The average molecular weight is 389 g/mol. The molecule has 5 heteroatoms. The highest BCUT2D eigenvalue weighted by molar-refractivity contribution is 5.91. The van der Waals surface area contributed by atoms with E-state index in [4.69, 9.17) is 4.74 Å². The molecule has 1 amide bonds. The normalized spacial score (nSPS) is 17.1. The molecule has 0 spiro atoms. The third kappa shape index (κ3) is 4.34. The number of aromatic nitrogens is 1. The number of amides is 1. The predicted molar refractivity (Wildman–Crippen MR) is 116 cm³/mol. The summed E-state index contributed by atoms with van der Waals surface area (Å²) in [5.41, 5.74) is 4.37. The van der Waals surface area contributed by atoms with Crippen LogP contribution in [0.2, 0.25) is 0 Å². The van der Waals surface area contributed by atoms with Gasteiger partial charge in [0, 0.05) is 31.1 Å². The number of para-hydroxylation sites is 1. The molecule has 2 aliphatic rings. The summed E-state index contributed by atoms with van der Waals surface area (Å²) in [4.78, 5) is 19.0. The minimum absolute atomic E-state index is 0.0627. The molecule has 2 aliphatic heterocycles. The molecule has 2 aromatic rings. The molecule has 1 aromatic carbocycles. The minimum atomic E-state index is 0.0627. The molecule has 0 atom stereocenters. The fraction of sp³-hybridized carbons (Fsp3) is 0.333. The molecule has 150 valence electrons. The molecule has 29 heavy (non-hydrogen) atoms. The van der Waals surface area contributed by atoms with Gasteiger partial charge in [-0.3, -0.25) is 4.79 Å². The Morgan fingerprint density at radius 2 is 2.07 bits per heavy atom. The first-order valence-electron chi connectivity index (χ1n) is 10.2. The summed E-state index contributed by atoms with van der Waals surface area (Å²) in [6.45, 7) is 5.49. The lowest BCUT2D eigenvalue weighted by atomic mass is 9.89. The number of ether oxygens (including phenoxy) is 1. The van der Waals surface area contributed by atoms with Gasteiger partial charge in [0.2, 0.25) is 5.91 Å². The Hall–Kier alpha value is -3.08. The van der Waals surface area contributed by atoms with Crippen molar-refractivity contribution in [3.8, 4) is 5.75 Å². The lowest BCUT2D eigenvalue weighted by Crippen LogP contribution is -2.36. The standard InChI is InChI=1S/C24H27N3O2/c1-17-7-9-20-15-18(16-25-24(20)26-17)8-10-23(28)27-13-11-19(12-14-27)21-5-3-4-6-22(21)29-2/h3-6,8,10,15-16,19H,1,7,9,11-14H2,2H3,(H,25,26)/b10-8+. The van der Waals surface area contributed by atoms with Crippen molar-refractivity contribution in [2.24, 2.45) is 0 Å². The zero-order chi connectivity index (χ0) is 20.2. The van der Waals surface area contributed by atoms with Crippen LogP contribution in [0.25, 0.3) is 6.08 Å². The number of aryl methyl sites for hydroxylation is 1. The Balaban J connectivity index is 1.36. The molecule has 4 rings (SSSR count). The van der Waals surface area contributed by atoms with E-state index in [1.807, 2.05) is 23.1 Å². The predicted octanol–water partition coefficient (Wildman–Crippen LogP) is 4.38. The Morgan fingerprint density at radius 3 is 2.86 bits per heavy atom. The van der Waals surface area contributed by atoms with Crippen LogP contribution in [0.3, 0.4) is 0 Å². The maximum absolute atomic E-state index is 12.6. The highest BCUT2D eigenvalue weighted by Crippen LogP contribution is 2.34. The number of nitrogens with one attached hydrogen (secondary N) is 1. The van der Waals surface area contributed by atoms with Crippen molar-refractivity contribution in [2.45, 2.75) is 31.6 Å². The smallest absolute Gasteiger partial charge is 0.246 e. The van der Waals surface area contributed by atoms with Gasteiger partial charge in [-0.2, -0.15) is 0 Å². The van der Waals surface area contributed by atoms with Crippen molar-refractivity contribution in [3.63, 3.8) is 0 Å². The highest BCUT2D eigenvalue weighted by atomic mass is 16.5. The Labute approximate surface area is 172 Å². The van der Waals surface area contributed by atoms with Crippen molar-refractivity contribution in [1.82, 2.24) is 9.88 Å². The number of anilines is 1. The van der Waals surface area contributed by atoms with Crippen LogP contribution in [0, 0.1) is 0 Å². The Kier molecular flexibility index (Phi) is 5.65. The number of rotatable bonds is 4. The molecule has 0 radical (unpaired) electrons. The molecule has 1 saturated heterocycles. The van der Waals surface area contributed by atoms with Gasteiger partial charge in [0.05, 0.1) is 7.11 Å². The van der Waals surface area contributed by atoms with E-state index in [9.17, 15) is 4.79 Å². The number of hydrogen-bond acceptors (Lipinski definition) is 4. The largest absolute Gasteiger partial charge is 0.496 e. The highest BCUT2D eigenvalue weighted by Gasteiger charge is 2.24. The van der Waals surface area contributed by atoms with Crippen LogP contribution < -0.4 is 10.1 Å². The van der Waals surface area contributed by atoms with Gasteiger partial charge in [0.15, 0.2) is 0 Å². The summed E-state index contributed by atoms with van der Waals surface area (Å²) in [5.74, 6) is 2.32. The zero-order valence-electron chi connectivity index (χ0n) is 16.9. The first-order valence-corrected chi connectivity index (χ1v) is 10.2. The molecule has 1 N–H and O–H groups in total. The fourth-order valence-corrected chi connectivity index (χ4v) is 4.13. The van der Waals surface area contributed by atoms with E-state index in [-0.39, 0.29) is 5.91 Å². The zero-order valence-corrected chi connectivity index (χ0v) is 16.9. The number of likely N-dealkylation sites (tertiary alicyclic amines) is 1. The van der Waals surface area contributed by atoms with E-state index in [0.717, 1.165) is 61.6 Å². The second kappa shape index (κ2) is 8.52. The quantitative estimate of drug-likeness (QED) is 0.789. The van der Waals surface area contributed by atoms with Gasteiger partial charge in [-0.1, -0.05) is 24.8 Å². The number of methoxy groups -OCH3 is 1. The molecule has 0 saturated carbocycles. The summed E-state index contributed by atoms with van der Waals surface area (Å²) in [7, 11) is 1.71. The minimum Gasteiger partial charge on any atom is -0.496 e. The molecule has 0 bridgehead atoms. The van der Waals surface area contributed by atoms with Crippen LogP contribution in [0.4, 0.5) is 5.82 Å². The van der Waals surface area contributed by atoms with Crippen LogP contribution >= 0.6 is 0 Å². The summed E-state index contributed by atoms with van der Waals surface area (Å²) < 4.78 is 5.50. The average Bonchev–Trinajstić information content (AvgIpc) is 2.77. The van der Waals surface area contributed by atoms with E-state index in [0.29, 0.717) is 5.92 Å². The molecular weight excluding hydrogens is 362 g/mol. The molecule has 5 nitrogen and oxygen atoms in total. The van der Waals surface area contributed by atoms with Crippen LogP contribution in [0.15, 0.2) is 54.9 Å². The van der Waals surface area contributed by atoms with Gasteiger partial charge < -0.3 is 15.0 Å². The maximum Gasteiger partial charge on any atom is 0.246 e. The van der Waals surface area contributed by atoms with Gasteiger partial charge in [-0.25, -0.2) is 4.98 Å². The SMILES string of the molecule is C=C1CCc2cc(/C=C/C(=O)N3CCC(c4ccccc4OC)CC3)cnc2N1. The molecule has 1 fully saturated rings. The summed E-state index contributed by atoms with van der Waals surface area (Å²) in [6.07, 6.45) is 9.09. The number of piperidine rings is 1. The Bertz CT molecular complexity index is 943. The summed E-state index contributed by atoms with van der Waals surface area (Å²) in [5, 5.41) is 3.22. The number of carbonyl (C=O) groups is 1. The summed E-state index contributed by atoms with van der Waals surface area (Å²) >= 11 is 0. The number of fused-ring (bicyclic) bond motifs is 1. The van der Waals surface area contributed by atoms with Gasteiger partial charge >= 0.3 is 0 Å². The molecule has 3 heterocycles. The number of allylic oxidation sites excluding steroid dienone is 1. The second-order valence-electron chi connectivity index (χ2n) is 7.68. The van der Waals surface area contributed by atoms with Crippen LogP contribution in [-0.4, -0.2) is 36.0 Å². The fourth-order valence-electron chi connectivity index (χ4n) is 4.13. The lowest BCUT2D eigenvalue weighted by Gasteiger charge is -2.32. The lowest BCUT2D eigenvalue weighted by molar-refractivity contribution is -0.126. The third-order valence-electron chi connectivity index (χ3n) is 5.78. The van der Waals surface area contributed by atoms with E-state index in [1.54, 1.807) is 19.4 Å². The number of pyridine rings is 1. The van der Waals surface area contributed by atoms with E-state index in [1.165, 1.54) is 11.1 Å². The van der Waals surface area contributed by atoms with E-state index in [2.05, 4.69) is 35.1 Å².